The van der Waals surface area contributed by atoms with Crippen molar-refractivity contribution in [2.24, 2.45) is 0 Å². The Morgan fingerprint density at radius 2 is 1.89 bits per heavy atom. The van der Waals surface area contributed by atoms with Gasteiger partial charge in [0.05, 0.1) is 6.10 Å². The maximum atomic E-state index is 13.5. The third-order valence-electron chi connectivity index (χ3n) is 2.49. The Labute approximate surface area is 118 Å². The van der Waals surface area contributed by atoms with Crippen LogP contribution in [0.15, 0.2) is 56.7 Å². The molecule has 0 amide bonds. The van der Waals surface area contributed by atoms with Gasteiger partial charge in [-0.25, -0.2) is 4.39 Å². The molecular formula is C14H12BrFOS. The monoisotopic (exact) mass is 326 g/mol. The second-order valence-electron chi connectivity index (χ2n) is 3.90. The van der Waals surface area contributed by atoms with Crippen LogP contribution >= 0.6 is 27.7 Å². The minimum absolute atomic E-state index is 0.228. The van der Waals surface area contributed by atoms with Crippen LogP contribution in [-0.4, -0.2) is 5.11 Å². The van der Waals surface area contributed by atoms with Crippen LogP contribution < -0.4 is 0 Å². The molecule has 4 heteroatoms. The lowest BCUT2D eigenvalue weighted by Gasteiger charge is -2.09. The van der Waals surface area contributed by atoms with Gasteiger partial charge >= 0.3 is 0 Å². The molecule has 0 saturated heterocycles. The molecule has 0 bridgehead atoms. The number of aliphatic hydroxyl groups excluding tert-OH is 1. The van der Waals surface area contributed by atoms with Crippen molar-refractivity contribution in [3.8, 4) is 0 Å². The summed E-state index contributed by atoms with van der Waals surface area (Å²) in [5, 5.41) is 9.49. The molecule has 0 spiro atoms. The second kappa shape index (κ2) is 5.87. The SMILES string of the molecule is CC(O)c1ccc(Sc2ccccc2F)c(Br)c1. The molecule has 1 atom stereocenters. The number of hydrogen-bond acceptors (Lipinski definition) is 2. The Kier molecular flexibility index (Phi) is 4.43. The Hall–Kier alpha value is -0.840. The van der Waals surface area contributed by atoms with Crippen LogP contribution in [-0.2, 0) is 0 Å². The summed E-state index contributed by atoms with van der Waals surface area (Å²) in [5.74, 6) is -0.228. The molecule has 0 aliphatic heterocycles. The van der Waals surface area contributed by atoms with Crippen LogP contribution in [0.25, 0.3) is 0 Å². The number of benzene rings is 2. The fraction of sp³-hybridized carbons (Fsp3) is 0.143. The first kappa shape index (κ1) is 13.6. The zero-order valence-electron chi connectivity index (χ0n) is 9.73. The minimum Gasteiger partial charge on any atom is -0.389 e. The van der Waals surface area contributed by atoms with Crippen molar-refractivity contribution in [1.29, 1.82) is 0 Å². The summed E-state index contributed by atoms with van der Waals surface area (Å²) < 4.78 is 14.4. The van der Waals surface area contributed by atoms with Crippen molar-refractivity contribution in [1.82, 2.24) is 0 Å². The molecule has 2 aromatic carbocycles. The van der Waals surface area contributed by atoms with E-state index < -0.39 is 6.10 Å². The van der Waals surface area contributed by atoms with Gasteiger partial charge in [-0.05, 0) is 52.7 Å². The van der Waals surface area contributed by atoms with E-state index in [4.69, 9.17) is 0 Å². The van der Waals surface area contributed by atoms with E-state index in [0.29, 0.717) is 4.90 Å². The lowest BCUT2D eigenvalue weighted by molar-refractivity contribution is 0.199. The van der Waals surface area contributed by atoms with E-state index in [-0.39, 0.29) is 5.82 Å². The summed E-state index contributed by atoms with van der Waals surface area (Å²) in [6.07, 6.45) is -0.506. The van der Waals surface area contributed by atoms with Crippen molar-refractivity contribution in [2.75, 3.05) is 0 Å². The lowest BCUT2D eigenvalue weighted by Crippen LogP contribution is -1.91. The van der Waals surface area contributed by atoms with E-state index in [1.807, 2.05) is 24.3 Å². The predicted molar refractivity (Wildman–Crippen MR) is 75.3 cm³/mol. The van der Waals surface area contributed by atoms with Crippen LogP contribution in [0, 0.1) is 5.82 Å². The average molecular weight is 327 g/mol. The zero-order chi connectivity index (χ0) is 13.1. The van der Waals surface area contributed by atoms with Crippen LogP contribution in [0.4, 0.5) is 4.39 Å². The number of rotatable bonds is 3. The number of halogens is 2. The molecule has 0 heterocycles. The standard InChI is InChI=1S/C14H12BrFOS/c1-9(17)10-6-7-13(11(15)8-10)18-14-5-3-2-4-12(14)16/h2-9,17H,1H3. The molecule has 1 nitrogen and oxygen atoms in total. The highest BCUT2D eigenvalue weighted by Crippen LogP contribution is 2.35. The third-order valence-corrected chi connectivity index (χ3v) is 4.54. The highest BCUT2D eigenvalue weighted by molar-refractivity contribution is 9.10. The van der Waals surface area contributed by atoms with Gasteiger partial charge in [0.2, 0.25) is 0 Å². The van der Waals surface area contributed by atoms with Gasteiger partial charge in [-0.2, -0.15) is 0 Å². The zero-order valence-corrected chi connectivity index (χ0v) is 12.1. The molecule has 94 valence electrons. The Balaban J connectivity index is 2.28. The third kappa shape index (κ3) is 3.13. The fourth-order valence-corrected chi connectivity index (χ4v) is 2.99. The van der Waals surface area contributed by atoms with Crippen LogP contribution in [0.2, 0.25) is 0 Å². The van der Waals surface area contributed by atoms with Crippen LogP contribution in [0.1, 0.15) is 18.6 Å². The van der Waals surface area contributed by atoms with E-state index in [1.165, 1.54) is 17.8 Å². The number of hydrogen-bond donors (Lipinski definition) is 1. The lowest BCUT2D eigenvalue weighted by atomic mass is 10.1. The van der Waals surface area contributed by atoms with E-state index in [2.05, 4.69) is 15.9 Å². The summed E-state index contributed by atoms with van der Waals surface area (Å²) in [4.78, 5) is 1.51. The van der Waals surface area contributed by atoms with Gasteiger partial charge in [0, 0.05) is 14.3 Å². The van der Waals surface area contributed by atoms with Crippen molar-refractivity contribution in [2.45, 2.75) is 22.8 Å². The molecule has 0 fully saturated rings. The van der Waals surface area contributed by atoms with Gasteiger partial charge in [0.15, 0.2) is 0 Å². The Morgan fingerprint density at radius 3 is 2.50 bits per heavy atom. The predicted octanol–water partition coefficient (Wildman–Crippen LogP) is 4.79. The van der Waals surface area contributed by atoms with Gasteiger partial charge in [-0.1, -0.05) is 30.0 Å². The quantitative estimate of drug-likeness (QED) is 0.874. The maximum Gasteiger partial charge on any atom is 0.137 e. The molecule has 18 heavy (non-hydrogen) atoms. The molecule has 1 N–H and O–H groups in total. The topological polar surface area (TPSA) is 20.2 Å². The molecule has 0 aromatic heterocycles. The number of aliphatic hydroxyl groups is 1. The first-order valence-electron chi connectivity index (χ1n) is 5.48. The van der Waals surface area contributed by atoms with Crippen molar-refractivity contribution in [3.05, 3.63) is 58.3 Å². The van der Waals surface area contributed by atoms with E-state index >= 15 is 0 Å². The Morgan fingerprint density at radius 1 is 1.17 bits per heavy atom. The van der Waals surface area contributed by atoms with Crippen molar-refractivity contribution in [3.63, 3.8) is 0 Å². The highest BCUT2D eigenvalue weighted by Gasteiger charge is 2.08. The normalized spacial score (nSPS) is 12.4. The van der Waals surface area contributed by atoms with Gasteiger partial charge < -0.3 is 5.11 Å². The largest absolute Gasteiger partial charge is 0.389 e. The van der Waals surface area contributed by atoms with Crippen molar-refractivity contribution < 1.29 is 9.50 Å². The Bertz CT molecular complexity index is 557. The smallest absolute Gasteiger partial charge is 0.137 e. The molecule has 0 aliphatic carbocycles. The molecule has 2 rings (SSSR count). The van der Waals surface area contributed by atoms with E-state index in [0.717, 1.165) is 14.9 Å². The molecule has 1 unspecified atom stereocenters. The molecule has 0 radical (unpaired) electrons. The summed E-state index contributed by atoms with van der Waals surface area (Å²) in [6.45, 7) is 1.71. The molecule has 0 saturated carbocycles. The summed E-state index contributed by atoms with van der Waals surface area (Å²) in [6, 6.07) is 12.2. The van der Waals surface area contributed by atoms with Crippen molar-refractivity contribution >= 4 is 27.7 Å². The fourth-order valence-electron chi connectivity index (χ4n) is 1.51. The highest BCUT2D eigenvalue weighted by atomic mass is 79.9. The van der Waals surface area contributed by atoms with Gasteiger partial charge in [-0.15, -0.1) is 0 Å². The van der Waals surface area contributed by atoms with E-state index in [9.17, 15) is 9.50 Å². The van der Waals surface area contributed by atoms with Gasteiger partial charge in [0.25, 0.3) is 0 Å². The first-order chi connectivity index (χ1) is 8.58. The minimum atomic E-state index is -0.506. The summed E-state index contributed by atoms with van der Waals surface area (Å²) >= 11 is 4.80. The molecular weight excluding hydrogens is 315 g/mol. The summed E-state index contributed by atoms with van der Waals surface area (Å²) in [5.41, 5.74) is 0.833. The molecule has 2 aromatic rings. The molecule has 0 aliphatic rings. The second-order valence-corrected chi connectivity index (χ2v) is 5.84. The van der Waals surface area contributed by atoms with Gasteiger partial charge in [-0.3, -0.25) is 0 Å². The first-order valence-corrected chi connectivity index (χ1v) is 7.09. The average Bonchev–Trinajstić information content (AvgIpc) is 2.34. The van der Waals surface area contributed by atoms with Gasteiger partial charge in [0.1, 0.15) is 5.82 Å². The van der Waals surface area contributed by atoms with Crippen LogP contribution in [0.5, 0.6) is 0 Å². The summed E-state index contributed by atoms with van der Waals surface area (Å²) in [7, 11) is 0. The van der Waals surface area contributed by atoms with E-state index in [1.54, 1.807) is 19.1 Å². The van der Waals surface area contributed by atoms with Crippen LogP contribution in [0.3, 0.4) is 0 Å². The maximum absolute atomic E-state index is 13.5.